The Bertz CT molecular complexity index is 156. The van der Waals surface area contributed by atoms with Gasteiger partial charge in [-0.15, -0.1) is 13.2 Å². The number of rotatable bonds is 7. The summed E-state index contributed by atoms with van der Waals surface area (Å²) < 4.78 is 0. The molecular weight excluding hydrogens is 146 g/mol. The molecule has 0 aliphatic rings. The molecule has 1 heteroatoms. The molecule has 0 atom stereocenters. The molecule has 2 N–H and O–H groups in total. The summed E-state index contributed by atoms with van der Waals surface area (Å²) in [6.07, 6.45) is 11.3. The van der Waals surface area contributed by atoms with Crippen LogP contribution in [0.3, 0.4) is 0 Å². The second-order valence-corrected chi connectivity index (χ2v) is 2.84. The van der Waals surface area contributed by atoms with Crippen molar-refractivity contribution in [2.75, 3.05) is 0 Å². The van der Waals surface area contributed by atoms with Gasteiger partial charge >= 0.3 is 0 Å². The largest absolute Gasteiger partial charge is 0.402 e. The standard InChI is InChI=1S/C11H19N/c1-3-5-6-7-8-10-11(12)9-4-2/h3-4,10H,1-2,5-9,12H2/b11-10+. The third-order valence-corrected chi connectivity index (χ3v) is 1.65. The minimum atomic E-state index is 0.807. The molecular formula is C11H19N. The molecule has 0 spiro atoms. The van der Waals surface area contributed by atoms with Crippen LogP contribution in [0.1, 0.15) is 32.1 Å². The maximum Gasteiger partial charge on any atom is 0.00781 e. The van der Waals surface area contributed by atoms with Gasteiger partial charge in [0.05, 0.1) is 0 Å². The van der Waals surface area contributed by atoms with Crippen molar-refractivity contribution in [3.05, 3.63) is 37.1 Å². The van der Waals surface area contributed by atoms with Crippen molar-refractivity contribution in [3.8, 4) is 0 Å². The highest BCUT2D eigenvalue weighted by atomic mass is 14.6. The van der Waals surface area contributed by atoms with Crippen molar-refractivity contribution >= 4 is 0 Å². The summed E-state index contributed by atoms with van der Waals surface area (Å²) in [4.78, 5) is 0. The lowest BCUT2D eigenvalue weighted by Gasteiger charge is -1.96. The zero-order chi connectivity index (χ0) is 9.23. The predicted octanol–water partition coefficient (Wildman–Crippen LogP) is 3.15. The monoisotopic (exact) mass is 165 g/mol. The van der Waals surface area contributed by atoms with Gasteiger partial charge in [-0.05, 0) is 25.7 Å². The van der Waals surface area contributed by atoms with Gasteiger partial charge in [0.15, 0.2) is 0 Å². The van der Waals surface area contributed by atoms with Crippen molar-refractivity contribution in [2.24, 2.45) is 5.73 Å². The van der Waals surface area contributed by atoms with Crippen molar-refractivity contribution in [3.63, 3.8) is 0 Å². The molecule has 0 aliphatic carbocycles. The van der Waals surface area contributed by atoms with E-state index in [4.69, 9.17) is 5.73 Å². The number of hydrogen-bond donors (Lipinski definition) is 1. The minimum Gasteiger partial charge on any atom is -0.402 e. The van der Waals surface area contributed by atoms with Gasteiger partial charge < -0.3 is 5.73 Å². The molecule has 0 aromatic carbocycles. The molecule has 0 radical (unpaired) electrons. The first kappa shape index (κ1) is 11.0. The Labute approximate surface area is 75.7 Å². The maximum absolute atomic E-state index is 5.67. The van der Waals surface area contributed by atoms with Crippen molar-refractivity contribution in [1.29, 1.82) is 0 Å². The van der Waals surface area contributed by atoms with Gasteiger partial charge in [0, 0.05) is 12.1 Å². The van der Waals surface area contributed by atoms with Crippen LogP contribution in [0, 0.1) is 0 Å². The Morgan fingerprint density at radius 2 is 1.75 bits per heavy atom. The smallest absolute Gasteiger partial charge is 0.00781 e. The summed E-state index contributed by atoms with van der Waals surface area (Å²) in [5.74, 6) is 0. The first-order valence-corrected chi connectivity index (χ1v) is 4.47. The van der Waals surface area contributed by atoms with Crippen molar-refractivity contribution in [2.45, 2.75) is 32.1 Å². The van der Waals surface area contributed by atoms with Crippen LogP contribution < -0.4 is 5.73 Å². The molecule has 0 saturated heterocycles. The topological polar surface area (TPSA) is 26.0 Å². The molecule has 0 aliphatic heterocycles. The summed E-state index contributed by atoms with van der Waals surface area (Å²) >= 11 is 0. The van der Waals surface area contributed by atoms with E-state index in [0.29, 0.717) is 0 Å². The summed E-state index contributed by atoms with van der Waals surface area (Å²) in [6, 6.07) is 0. The normalized spacial score (nSPS) is 11.2. The van der Waals surface area contributed by atoms with Crippen LogP contribution in [-0.4, -0.2) is 0 Å². The zero-order valence-electron chi connectivity index (χ0n) is 7.76. The fraction of sp³-hybridized carbons (Fsp3) is 0.455. The number of unbranched alkanes of at least 4 members (excludes halogenated alkanes) is 3. The van der Waals surface area contributed by atoms with Crippen LogP contribution in [0.2, 0.25) is 0 Å². The third kappa shape index (κ3) is 7.13. The molecule has 0 amide bonds. The summed E-state index contributed by atoms with van der Waals surface area (Å²) in [7, 11) is 0. The van der Waals surface area contributed by atoms with Crippen LogP contribution in [-0.2, 0) is 0 Å². The van der Waals surface area contributed by atoms with Crippen LogP contribution >= 0.6 is 0 Å². The number of allylic oxidation sites excluding steroid dienone is 3. The van der Waals surface area contributed by atoms with Gasteiger partial charge in [0.1, 0.15) is 0 Å². The first-order valence-electron chi connectivity index (χ1n) is 4.47. The van der Waals surface area contributed by atoms with Crippen molar-refractivity contribution in [1.82, 2.24) is 0 Å². The Morgan fingerprint density at radius 3 is 2.33 bits per heavy atom. The predicted molar refractivity (Wildman–Crippen MR) is 55.7 cm³/mol. The Kier molecular flexibility index (Phi) is 7.46. The summed E-state index contributed by atoms with van der Waals surface area (Å²) in [5, 5.41) is 0. The van der Waals surface area contributed by atoms with E-state index >= 15 is 0 Å². The van der Waals surface area contributed by atoms with E-state index in [9.17, 15) is 0 Å². The van der Waals surface area contributed by atoms with Crippen LogP contribution in [0.15, 0.2) is 37.1 Å². The number of hydrogen-bond acceptors (Lipinski definition) is 1. The Morgan fingerprint density at radius 1 is 1.08 bits per heavy atom. The summed E-state index contributed by atoms with van der Waals surface area (Å²) in [5.41, 5.74) is 6.60. The van der Waals surface area contributed by atoms with Gasteiger partial charge in [-0.2, -0.15) is 0 Å². The van der Waals surface area contributed by atoms with E-state index < -0.39 is 0 Å². The van der Waals surface area contributed by atoms with Gasteiger partial charge in [0.25, 0.3) is 0 Å². The molecule has 0 heterocycles. The van der Waals surface area contributed by atoms with E-state index in [1.165, 1.54) is 12.8 Å². The third-order valence-electron chi connectivity index (χ3n) is 1.65. The van der Waals surface area contributed by atoms with Crippen molar-refractivity contribution < 1.29 is 0 Å². The maximum atomic E-state index is 5.67. The fourth-order valence-electron chi connectivity index (χ4n) is 0.970. The minimum absolute atomic E-state index is 0.807. The highest BCUT2D eigenvalue weighted by Crippen LogP contribution is 2.03. The average molecular weight is 165 g/mol. The highest BCUT2D eigenvalue weighted by Gasteiger charge is 1.86. The molecule has 0 aromatic heterocycles. The van der Waals surface area contributed by atoms with Gasteiger partial charge in [-0.3, -0.25) is 0 Å². The highest BCUT2D eigenvalue weighted by molar-refractivity contribution is 5.00. The van der Waals surface area contributed by atoms with E-state index in [0.717, 1.165) is 25.0 Å². The Balaban J connectivity index is 3.32. The molecule has 0 bridgehead atoms. The Hall–Kier alpha value is -0.980. The number of nitrogens with two attached hydrogens (primary N) is 1. The molecule has 68 valence electrons. The second-order valence-electron chi connectivity index (χ2n) is 2.84. The SMILES string of the molecule is C=CCCCC/C=C(/N)CC=C. The molecule has 0 fully saturated rings. The molecule has 12 heavy (non-hydrogen) atoms. The van der Waals surface area contributed by atoms with Gasteiger partial charge in [0.2, 0.25) is 0 Å². The lowest BCUT2D eigenvalue weighted by atomic mass is 10.1. The van der Waals surface area contributed by atoms with Crippen LogP contribution in [0.4, 0.5) is 0 Å². The lowest BCUT2D eigenvalue weighted by Crippen LogP contribution is -1.94. The second kappa shape index (κ2) is 8.12. The zero-order valence-corrected chi connectivity index (χ0v) is 7.76. The van der Waals surface area contributed by atoms with Crippen LogP contribution in [0.5, 0.6) is 0 Å². The van der Waals surface area contributed by atoms with E-state index in [2.05, 4.69) is 19.2 Å². The molecule has 0 aromatic rings. The quantitative estimate of drug-likeness (QED) is 0.455. The van der Waals surface area contributed by atoms with E-state index in [-0.39, 0.29) is 0 Å². The molecule has 1 nitrogen and oxygen atoms in total. The molecule has 0 rings (SSSR count). The van der Waals surface area contributed by atoms with Gasteiger partial charge in [-0.25, -0.2) is 0 Å². The summed E-state index contributed by atoms with van der Waals surface area (Å²) in [6.45, 7) is 7.29. The molecule has 0 saturated carbocycles. The first-order chi connectivity index (χ1) is 5.81. The lowest BCUT2D eigenvalue weighted by molar-refractivity contribution is 0.758. The van der Waals surface area contributed by atoms with Crippen LogP contribution in [0.25, 0.3) is 0 Å². The van der Waals surface area contributed by atoms with E-state index in [1.54, 1.807) is 0 Å². The fourth-order valence-corrected chi connectivity index (χ4v) is 0.970. The van der Waals surface area contributed by atoms with Gasteiger partial charge in [-0.1, -0.05) is 18.2 Å². The van der Waals surface area contributed by atoms with E-state index in [1.807, 2.05) is 12.2 Å². The average Bonchev–Trinajstić information content (AvgIpc) is 2.05. The molecule has 0 unspecified atom stereocenters.